The van der Waals surface area contributed by atoms with E-state index in [4.69, 9.17) is 4.74 Å². The third kappa shape index (κ3) is 5.13. The van der Waals surface area contributed by atoms with E-state index in [0.29, 0.717) is 11.1 Å². The highest BCUT2D eigenvalue weighted by Gasteiger charge is 2.17. The van der Waals surface area contributed by atoms with Crippen LogP contribution in [-0.2, 0) is 11.3 Å². The van der Waals surface area contributed by atoms with Gasteiger partial charge in [-0.1, -0.05) is 12.1 Å². The molecule has 0 bridgehead atoms. The maximum absolute atomic E-state index is 12.5. The van der Waals surface area contributed by atoms with Crippen LogP contribution >= 0.6 is 0 Å². The Morgan fingerprint density at radius 1 is 1.26 bits per heavy atom. The van der Waals surface area contributed by atoms with Crippen molar-refractivity contribution in [3.63, 3.8) is 0 Å². The third-order valence-electron chi connectivity index (χ3n) is 4.20. The number of ether oxygens (including phenoxy) is 1. The van der Waals surface area contributed by atoms with Crippen LogP contribution in [0.1, 0.15) is 34.0 Å². The predicted octanol–water partition coefficient (Wildman–Crippen LogP) is 4.18. The zero-order chi connectivity index (χ0) is 20.0. The van der Waals surface area contributed by atoms with Crippen LogP contribution in [0.3, 0.4) is 0 Å². The Labute approximate surface area is 158 Å². The highest BCUT2D eigenvalue weighted by Crippen LogP contribution is 2.25. The summed E-state index contributed by atoms with van der Waals surface area (Å²) >= 11 is 0. The topological polar surface area (TPSA) is 85.0 Å². The number of nitrogens with zero attached hydrogens (tertiary/aromatic N) is 3. The first-order valence-corrected chi connectivity index (χ1v) is 8.58. The maximum atomic E-state index is 12.5. The second kappa shape index (κ2) is 8.93. The van der Waals surface area contributed by atoms with Crippen molar-refractivity contribution in [2.24, 2.45) is 4.99 Å². The van der Waals surface area contributed by atoms with Crippen LogP contribution in [0.5, 0.6) is 0 Å². The maximum Gasteiger partial charge on any atom is 0.338 e. The zero-order valence-corrected chi connectivity index (χ0v) is 15.9. The van der Waals surface area contributed by atoms with Gasteiger partial charge in [0, 0.05) is 19.7 Å². The molecule has 7 nitrogen and oxygen atoms in total. The molecule has 0 saturated heterocycles. The van der Waals surface area contributed by atoms with Gasteiger partial charge in [-0.2, -0.15) is 0 Å². The van der Waals surface area contributed by atoms with E-state index in [1.807, 2.05) is 38.8 Å². The Bertz CT molecular complexity index is 878. The Kier molecular flexibility index (Phi) is 6.65. The van der Waals surface area contributed by atoms with E-state index in [1.54, 1.807) is 30.6 Å². The van der Waals surface area contributed by atoms with Gasteiger partial charge in [0.15, 0.2) is 0 Å². The molecule has 0 aromatic heterocycles. The van der Waals surface area contributed by atoms with Crippen molar-refractivity contribution >= 4 is 23.7 Å². The summed E-state index contributed by atoms with van der Waals surface area (Å²) in [5, 5.41) is 11.1. The van der Waals surface area contributed by atoms with Crippen molar-refractivity contribution in [3.05, 3.63) is 68.8 Å². The first kappa shape index (κ1) is 20.1. The van der Waals surface area contributed by atoms with Crippen LogP contribution < -0.4 is 0 Å². The van der Waals surface area contributed by atoms with Crippen molar-refractivity contribution in [1.82, 2.24) is 4.90 Å². The minimum absolute atomic E-state index is 0.0667. The average Bonchev–Trinajstić information content (AvgIpc) is 2.66. The molecule has 0 aliphatic heterocycles. The number of esters is 1. The van der Waals surface area contributed by atoms with Crippen molar-refractivity contribution in [2.75, 3.05) is 13.6 Å². The Hall–Kier alpha value is -3.22. The number of carbonyl (C=O) groups is 1. The molecular formula is C20H23N3O4. The van der Waals surface area contributed by atoms with Gasteiger partial charge in [0.25, 0.3) is 5.69 Å². The molecule has 0 fully saturated rings. The summed E-state index contributed by atoms with van der Waals surface area (Å²) in [6, 6.07) is 9.77. The number of para-hydroxylation sites is 1. The van der Waals surface area contributed by atoms with Crippen molar-refractivity contribution in [3.8, 4) is 0 Å². The van der Waals surface area contributed by atoms with Crippen LogP contribution in [0.25, 0.3) is 0 Å². The number of benzene rings is 2. The SMILES string of the molecule is CCN(C)C=Nc1cc(C)c(C(=O)OCc2ccccc2[N+](=O)[O-])cc1C. The van der Waals surface area contributed by atoms with Crippen LogP contribution in [0.2, 0.25) is 0 Å². The standard InChI is InChI=1S/C20H23N3O4/c1-5-22(4)13-21-18-11-14(2)17(10-15(18)3)20(24)27-12-16-8-6-7-9-19(16)23(25)26/h6-11,13H,5,12H2,1-4H3. The van der Waals surface area contributed by atoms with Gasteiger partial charge < -0.3 is 9.64 Å². The second-order valence-electron chi connectivity index (χ2n) is 6.23. The van der Waals surface area contributed by atoms with E-state index < -0.39 is 10.9 Å². The molecule has 0 heterocycles. The number of rotatable bonds is 7. The van der Waals surface area contributed by atoms with E-state index in [-0.39, 0.29) is 12.3 Å². The fourth-order valence-corrected chi connectivity index (χ4v) is 2.43. The first-order valence-electron chi connectivity index (χ1n) is 8.58. The Balaban J connectivity index is 2.16. The van der Waals surface area contributed by atoms with Gasteiger partial charge in [-0.05, 0) is 50.1 Å². The van der Waals surface area contributed by atoms with Gasteiger partial charge in [0.05, 0.1) is 28.1 Å². The average molecular weight is 369 g/mol. The quantitative estimate of drug-likeness (QED) is 0.240. The van der Waals surface area contributed by atoms with Gasteiger partial charge in [0.2, 0.25) is 0 Å². The van der Waals surface area contributed by atoms with Gasteiger partial charge in [-0.15, -0.1) is 0 Å². The van der Waals surface area contributed by atoms with E-state index in [2.05, 4.69) is 4.99 Å². The lowest BCUT2D eigenvalue weighted by molar-refractivity contribution is -0.385. The van der Waals surface area contributed by atoms with Crippen molar-refractivity contribution < 1.29 is 14.5 Å². The van der Waals surface area contributed by atoms with E-state index >= 15 is 0 Å². The molecule has 0 radical (unpaired) electrons. The molecule has 0 aliphatic rings. The molecule has 0 saturated carbocycles. The third-order valence-corrected chi connectivity index (χ3v) is 4.20. The molecular weight excluding hydrogens is 346 g/mol. The monoisotopic (exact) mass is 369 g/mol. The minimum atomic E-state index is -0.519. The normalized spacial score (nSPS) is 10.8. The molecule has 0 unspecified atom stereocenters. The molecule has 2 aromatic carbocycles. The summed E-state index contributed by atoms with van der Waals surface area (Å²) < 4.78 is 5.31. The highest BCUT2D eigenvalue weighted by atomic mass is 16.6. The second-order valence-corrected chi connectivity index (χ2v) is 6.23. The fraction of sp³-hybridized carbons (Fsp3) is 0.300. The number of nitro groups is 1. The van der Waals surface area contributed by atoms with Crippen molar-refractivity contribution in [2.45, 2.75) is 27.4 Å². The predicted molar refractivity (Wildman–Crippen MR) is 105 cm³/mol. The summed E-state index contributed by atoms with van der Waals surface area (Å²) in [6.07, 6.45) is 1.74. The summed E-state index contributed by atoms with van der Waals surface area (Å²) in [4.78, 5) is 29.4. The van der Waals surface area contributed by atoms with Gasteiger partial charge in [-0.25, -0.2) is 9.79 Å². The highest BCUT2D eigenvalue weighted by molar-refractivity contribution is 5.92. The fourth-order valence-electron chi connectivity index (χ4n) is 2.43. The molecule has 2 rings (SSSR count). The molecule has 2 aromatic rings. The number of carbonyl (C=O) groups excluding carboxylic acids is 1. The number of hydrogen-bond acceptors (Lipinski definition) is 5. The van der Waals surface area contributed by atoms with E-state index in [9.17, 15) is 14.9 Å². The van der Waals surface area contributed by atoms with E-state index in [0.717, 1.165) is 23.4 Å². The molecule has 7 heteroatoms. The number of hydrogen-bond donors (Lipinski definition) is 0. The van der Waals surface area contributed by atoms with E-state index in [1.165, 1.54) is 6.07 Å². The minimum Gasteiger partial charge on any atom is -0.457 e. The smallest absolute Gasteiger partial charge is 0.338 e. The lowest BCUT2D eigenvalue weighted by Gasteiger charge is -2.12. The molecule has 0 atom stereocenters. The Morgan fingerprint density at radius 3 is 2.63 bits per heavy atom. The van der Waals surface area contributed by atoms with Crippen LogP contribution in [0.15, 0.2) is 41.4 Å². The number of aliphatic imine (C=N–C) groups is 1. The molecule has 0 N–H and O–H groups in total. The molecule has 0 spiro atoms. The summed E-state index contributed by atoms with van der Waals surface area (Å²) in [5.74, 6) is -0.519. The van der Waals surface area contributed by atoms with Gasteiger partial charge in [0.1, 0.15) is 6.61 Å². The van der Waals surface area contributed by atoms with Gasteiger partial charge in [-0.3, -0.25) is 10.1 Å². The number of nitro benzene ring substituents is 1. The van der Waals surface area contributed by atoms with Crippen molar-refractivity contribution in [1.29, 1.82) is 0 Å². The summed E-state index contributed by atoms with van der Waals surface area (Å²) in [5.41, 5.74) is 3.08. The largest absolute Gasteiger partial charge is 0.457 e. The summed E-state index contributed by atoms with van der Waals surface area (Å²) in [7, 11) is 1.93. The summed E-state index contributed by atoms with van der Waals surface area (Å²) in [6.45, 7) is 6.40. The van der Waals surface area contributed by atoms with Crippen LogP contribution in [0.4, 0.5) is 11.4 Å². The van der Waals surface area contributed by atoms with Crippen LogP contribution in [0, 0.1) is 24.0 Å². The molecule has 27 heavy (non-hydrogen) atoms. The molecule has 142 valence electrons. The molecule has 0 aliphatic carbocycles. The lowest BCUT2D eigenvalue weighted by atomic mass is 10.0. The van der Waals surface area contributed by atoms with Crippen LogP contribution in [-0.4, -0.2) is 35.7 Å². The van der Waals surface area contributed by atoms with Gasteiger partial charge >= 0.3 is 5.97 Å². The lowest BCUT2D eigenvalue weighted by Crippen LogP contribution is -2.14. The first-order chi connectivity index (χ1) is 12.8. The number of aryl methyl sites for hydroxylation is 2. The zero-order valence-electron chi connectivity index (χ0n) is 15.9. The molecule has 0 amide bonds. The Morgan fingerprint density at radius 2 is 1.96 bits per heavy atom.